The zero-order valence-corrected chi connectivity index (χ0v) is 25.0. The zero-order valence-electron chi connectivity index (χ0n) is 25.0. The maximum absolute atomic E-state index is 6.82. The molecule has 3 heterocycles. The van der Waals surface area contributed by atoms with Crippen LogP contribution < -0.4 is 20.6 Å². The highest BCUT2D eigenvalue weighted by Gasteiger charge is 2.45. The van der Waals surface area contributed by atoms with E-state index in [9.17, 15) is 0 Å². The van der Waals surface area contributed by atoms with E-state index in [4.69, 9.17) is 4.42 Å². The number of nitrogens with zero attached hydrogens (tertiary/aromatic N) is 2. The highest BCUT2D eigenvalue weighted by Crippen LogP contribution is 2.50. The molecule has 0 fully saturated rings. The molecule has 8 aromatic rings. The molecule has 0 spiro atoms. The summed E-state index contributed by atoms with van der Waals surface area (Å²) in [4.78, 5) is 4.99. The first-order valence-electron chi connectivity index (χ1n) is 15.8. The molecule has 0 saturated heterocycles. The van der Waals surface area contributed by atoms with Gasteiger partial charge in [-0.2, -0.15) is 0 Å². The van der Waals surface area contributed by atoms with Gasteiger partial charge in [-0.05, 0) is 64.5 Å². The fourth-order valence-corrected chi connectivity index (χ4v) is 7.76. The largest absolute Gasteiger partial charge is 0.454 e. The van der Waals surface area contributed by atoms with Crippen LogP contribution in [-0.4, -0.2) is 6.85 Å². The number of furan rings is 1. The molecule has 0 radical (unpaired) electrons. The van der Waals surface area contributed by atoms with Crippen LogP contribution in [0.15, 0.2) is 168 Å². The van der Waals surface area contributed by atoms with Gasteiger partial charge in [0.2, 0.25) is 0 Å². The van der Waals surface area contributed by atoms with E-state index in [1.165, 1.54) is 39.1 Å². The van der Waals surface area contributed by atoms with Gasteiger partial charge in [-0.1, -0.05) is 121 Å². The summed E-state index contributed by atoms with van der Waals surface area (Å²) in [6.45, 7) is -0.00833. The molecule has 0 saturated carbocycles. The van der Waals surface area contributed by atoms with Crippen LogP contribution in [0.2, 0.25) is 0 Å². The van der Waals surface area contributed by atoms with Crippen molar-refractivity contribution in [2.45, 2.75) is 0 Å². The minimum absolute atomic E-state index is 0.00833. The first kappa shape index (κ1) is 25.3. The van der Waals surface area contributed by atoms with Crippen molar-refractivity contribution in [3.63, 3.8) is 0 Å². The van der Waals surface area contributed by atoms with Gasteiger partial charge in [0.1, 0.15) is 5.58 Å². The second-order valence-electron chi connectivity index (χ2n) is 12.1. The first-order valence-corrected chi connectivity index (χ1v) is 15.8. The van der Waals surface area contributed by atoms with Crippen molar-refractivity contribution in [3.05, 3.63) is 164 Å². The predicted molar refractivity (Wildman–Crippen MR) is 193 cm³/mol. The van der Waals surface area contributed by atoms with E-state index in [2.05, 4.69) is 167 Å². The smallest absolute Gasteiger partial charge is 0.333 e. The van der Waals surface area contributed by atoms with Gasteiger partial charge in [-0.25, -0.2) is 0 Å². The molecule has 0 atom stereocenters. The first-order chi connectivity index (χ1) is 22.9. The van der Waals surface area contributed by atoms with Crippen molar-refractivity contribution in [3.8, 4) is 22.3 Å². The van der Waals surface area contributed by atoms with Crippen LogP contribution >= 0.6 is 0 Å². The molecule has 0 N–H and O–H groups in total. The Morgan fingerprint density at radius 3 is 2.00 bits per heavy atom. The second kappa shape index (κ2) is 9.75. The Morgan fingerprint density at radius 2 is 1.13 bits per heavy atom. The molecular weight excluding hydrogens is 559 g/mol. The van der Waals surface area contributed by atoms with Crippen LogP contribution in [0.25, 0.3) is 44.2 Å². The highest BCUT2D eigenvalue weighted by molar-refractivity contribution is 6.93. The summed E-state index contributed by atoms with van der Waals surface area (Å²) in [6.07, 6.45) is 0. The number of hydrogen-bond donors (Lipinski definition) is 0. The van der Waals surface area contributed by atoms with E-state index in [1.807, 2.05) is 6.07 Å². The van der Waals surface area contributed by atoms with E-state index in [0.717, 1.165) is 44.4 Å². The maximum Gasteiger partial charge on any atom is 0.333 e. The average Bonchev–Trinajstić information content (AvgIpc) is 3.51. The van der Waals surface area contributed by atoms with E-state index < -0.39 is 0 Å². The van der Waals surface area contributed by atoms with Gasteiger partial charge in [0.05, 0.1) is 5.69 Å². The summed E-state index contributed by atoms with van der Waals surface area (Å²) in [5.74, 6) is 0. The van der Waals surface area contributed by atoms with Gasteiger partial charge < -0.3 is 14.1 Å². The molecule has 0 aliphatic carbocycles. The summed E-state index contributed by atoms with van der Waals surface area (Å²) in [5.41, 5.74) is 14.9. The van der Waals surface area contributed by atoms with Crippen molar-refractivity contribution in [2.24, 2.45) is 0 Å². The fourth-order valence-electron chi connectivity index (χ4n) is 7.76. The van der Waals surface area contributed by atoms with Gasteiger partial charge in [-0.3, -0.25) is 0 Å². The lowest BCUT2D eigenvalue weighted by molar-refractivity contribution is 0.669. The van der Waals surface area contributed by atoms with E-state index in [1.54, 1.807) is 0 Å². The van der Waals surface area contributed by atoms with Gasteiger partial charge in [0.25, 0.3) is 0 Å². The number of benzene rings is 7. The molecule has 7 aromatic carbocycles. The van der Waals surface area contributed by atoms with Crippen LogP contribution in [0.5, 0.6) is 0 Å². The quantitative estimate of drug-likeness (QED) is 0.192. The van der Waals surface area contributed by atoms with Crippen molar-refractivity contribution < 1.29 is 4.42 Å². The van der Waals surface area contributed by atoms with Gasteiger partial charge in [0, 0.05) is 44.6 Å². The number of anilines is 5. The molecule has 2 aliphatic rings. The summed E-state index contributed by atoms with van der Waals surface area (Å²) in [5, 5.41) is 2.24. The summed E-state index contributed by atoms with van der Waals surface area (Å²) in [6, 6.07) is 58.9. The monoisotopic (exact) mass is 586 g/mol. The SMILES string of the molecule is c1ccc(-c2ccc3c(oc4ccccc43)c2N2c3ccccc3B3c4c(cccc42)-c2ccccc2N3c2ccccc2)cc1. The molecule has 0 amide bonds. The second-order valence-corrected chi connectivity index (χ2v) is 12.1. The number of rotatable bonds is 3. The average molecular weight is 587 g/mol. The lowest BCUT2D eigenvalue weighted by atomic mass is 9.43. The fraction of sp³-hybridized carbons (Fsp3) is 0. The highest BCUT2D eigenvalue weighted by atomic mass is 16.3. The third-order valence-corrected chi connectivity index (χ3v) is 9.65. The Hall–Kier alpha value is -6.00. The molecule has 10 rings (SSSR count). The van der Waals surface area contributed by atoms with Gasteiger partial charge in [-0.15, -0.1) is 0 Å². The molecule has 46 heavy (non-hydrogen) atoms. The number of fused-ring (bicyclic) bond motifs is 7. The minimum atomic E-state index is -0.00833. The minimum Gasteiger partial charge on any atom is -0.454 e. The Labute approximate surface area is 267 Å². The van der Waals surface area contributed by atoms with Crippen molar-refractivity contribution in [1.82, 2.24) is 0 Å². The van der Waals surface area contributed by atoms with Crippen molar-refractivity contribution >= 4 is 68.1 Å². The van der Waals surface area contributed by atoms with E-state index in [-0.39, 0.29) is 6.85 Å². The maximum atomic E-state index is 6.82. The van der Waals surface area contributed by atoms with Crippen LogP contribution in [0.3, 0.4) is 0 Å². The number of hydrogen-bond acceptors (Lipinski definition) is 3. The molecule has 4 heteroatoms. The third-order valence-electron chi connectivity index (χ3n) is 9.65. The van der Waals surface area contributed by atoms with Gasteiger partial charge >= 0.3 is 6.85 Å². The summed E-state index contributed by atoms with van der Waals surface area (Å²) >= 11 is 0. The summed E-state index contributed by atoms with van der Waals surface area (Å²) in [7, 11) is 0. The molecule has 0 unspecified atom stereocenters. The Balaban J connectivity index is 1.34. The molecule has 3 nitrogen and oxygen atoms in total. The Bertz CT molecular complexity index is 2450. The topological polar surface area (TPSA) is 19.6 Å². The van der Waals surface area contributed by atoms with Gasteiger partial charge in [0.15, 0.2) is 5.58 Å². The van der Waals surface area contributed by atoms with Crippen LogP contribution in [-0.2, 0) is 0 Å². The lowest BCUT2D eigenvalue weighted by Gasteiger charge is -2.45. The zero-order chi connectivity index (χ0) is 30.2. The van der Waals surface area contributed by atoms with Crippen molar-refractivity contribution in [1.29, 1.82) is 0 Å². The van der Waals surface area contributed by atoms with Crippen molar-refractivity contribution in [2.75, 3.05) is 9.71 Å². The van der Waals surface area contributed by atoms with E-state index >= 15 is 0 Å². The molecule has 2 aliphatic heterocycles. The normalized spacial score (nSPS) is 13.1. The molecule has 214 valence electrons. The molecule has 0 bridgehead atoms. The Morgan fingerprint density at radius 1 is 0.457 bits per heavy atom. The summed E-state index contributed by atoms with van der Waals surface area (Å²) < 4.78 is 6.82. The number of para-hydroxylation sites is 4. The van der Waals surface area contributed by atoms with E-state index in [0.29, 0.717) is 0 Å². The molecule has 1 aromatic heterocycles. The third kappa shape index (κ3) is 3.50. The predicted octanol–water partition coefficient (Wildman–Crippen LogP) is 9.96. The standard InChI is InChI=1S/C42H27BN2O/c1-3-14-28(15-4-1)30-26-27-34-32-19-8-12-25-39(32)46-42(34)41(30)44-37-23-11-9-21-35(37)43-40-33(20-13-24-38(40)44)31-18-7-10-22-36(31)45(43)29-16-5-2-6-17-29/h1-27H. The van der Waals surface area contributed by atoms with Crippen LogP contribution in [0, 0.1) is 0 Å². The molecular formula is C42H27BN2O. The van der Waals surface area contributed by atoms with Crippen LogP contribution in [0.4, 0.5) is 28.4 Å². The lowest BCUT2D eigenvalue weighted by Crippen LogP contribution is -2.61. The van der Waals surface area contributed by atoms with Crippen LogP contribution in [0.1, 0.15) is 0 Å². The Kier molecular flexibility index (Phi) is 5.37.